The first-order valence-corrected chi connectivity index (χ1v) is 9.80. The maximum atomic E-state index is 6.64. The molecule has 3 N–H and O–H groups in total. The number of nitrogens with two attached hydrogens (primary N) is 1. The Balaban J connectivity index is 2.55. The van der Waals surface area contributed by atoms with Crippen molar-refractivity contribution in [2.24, 2.45) is 15.7 Å². The molecule has 28 heavy (non-hydrogen) atoms. The van der Waals surface area contributed by atoms with Crippen LogP contribution in [0.3, 0.4) is 0 Å². The summed E-state index contributed by atoms with van der Waals surface area (Å²) in [5.74, 6) is 0. The Morgan fingerprint density at radius 1 is 1.32 bits per heavy atom. The topological polar surface area (TPSA) is 62.8 Å². The van der Waals surface area contributed by atoms with Crippen molar-refractivity contribution in [1.82, 2.24) is 5.32 Å². The van der Waals surface area contributed by atoms with Crippen LogP contribution in [0.5, 0.6) is 0 Å². The third kappa shape index (κ3) is 5.54. The van der Waals surface area contributed by atoms with E-state index in [0.29, 0.717) is 5.02 Å². The molecule has 1 aromatic rings. The summed E-state index contributed by atoms with van der Waals surface area (Å²) in [6.45, 7) is 6.04. The second kappa shape index (κ2) is 10.8. The molecule has 0 heterocycles. The molecule has 5 heteroatoms. The molecule has 0 unspecified atom stereocenters. The van der Waals surface area contributed by atoms with Crippen molar-refractivity contribution in [2.45, 2.75) is 39.7 Å². The van der Waals surface area contributed by atoms with Crippen molar-refractivity contribution >= 4 is 29.2 Å². The Morgan fingerprint density at radius 2 is 2.11 bits per heavy atom. The number of nitrogens with zero attached hydrogens (tertiary/aromatic N) is 2. The van der Waals surface area contributed by atoms with Crippen molar-refractivity contribution < 1.29 is 0 Å². The summed E-state index contributed by atoms with van der Waals surface area (Å²) in [7, 11) is 1.72. The lowest BCUT2D eigenvalue weighted by Crippen LogP contribution is -2.26. The molecule has 0 aromatic heterocycles. The first-order valence-electron chi connectivity index (χ1n) is 9.43. The molecule has 0 aliphatic heterocycles. The number of nitrogens with one attached hydrogen (secondary N) is 1. The molecule has 4 nitrogen and oxygen atoms in total. The quantitative estimate of drug-likeness (QED) is 0.539. The fourth-order valence-corrected chi connectivity index (χ4v) is 3.34. The molecular weight excluding hydrogens is 368 g/mol. The van der Waals surface area contributed by atoms with E-state index >= 15 is 0 Å². The fraction of sp³-hybridized carbons (Fsp3) is 0.304. The van der Waals surface area contributed by atoms with Crippen LogP contribution in [0.15, 0.2) is 70.0 Å². The van der Waals surface area contributed by atoms with E-state index in [1.54, 1.807) is 13.4 Å². The van der Waals surface area contributed by atoms with Crippen LogP contribution < -0.4 is 11.1 Å². The number of aliphatic imine (C=N–C) groups is 2. The van der Waals surface area contributed by atoms with Gasteiger partial charge in [0.2, 0.25) is 0 Å². The summed E-state index contributed by atoms with van der Waals surface area (Å²) in [6, 6.07) is 5.76. The summed E-state index contributed by atoms with van der Waals surface area (Å²) in [4.78, 5) is 8.60. The highest BCUT2D eigenvalue weighted by atomic mass is 35.5. The predicted octanol–water partition coefficient (Wildman–Crippen LogP) is 5.07. The molecule has 148 valence electrons. The molecule has 0 fully saturated rings. The molecule has 0 saturated heterocycles. The van der Waals surface area contributed by atoms with Crippen LogP contribution in [0.25, 0.3) is 5.57 Å². The normalized spacial score (nSPS) is 21.5. The zero-order valence-electron chi connectivity index (χ0n) is 17.0. The van der Waals surface area contributed by atoms with Crippen LogP contribution in [-0.2, 0) is 6.42 Å². The van der Waals surface area contributed by atoms with Crippen LogP contribution in [0.4, 0.5) is 0 Å². The molecule has 0 spiro atoms. The highest BCUT2D eigenvalue weighted by molar-refractivity contribution is 6.30. The number of hydrogen-bond acceptors (Lipinski definition) is 3. The van der Waals surface area contributed by atoms with E-state index in [9.17, 15) is 0 Å². The van der Waals surface area contributed by atoms with Crippen molar-refractivity contribution in [3.8, 4) is 0 Å². The third-order valence-electron chi connectivity index (χ3n) is 4.72. The molecule has 0 bridgehead atoms. The van der Waals surface area contributed by atoms with Gasteiger partial charge in [0, 0.05) is 36.6 Å². The van der Waals surface area contributed by atoms with Gasteiger partial charge in [-0.25, -0.2) is 0 Å². The van der Waals surface area contributed by atoms with Crippen molar-refractivity contribution in [1.29, 1.82) is 0 Å². The Kier molecular flexibility index (Phi) is 8.42. The van der Waals surface area contributed by atoms with Crippen LogP contribution in [0.2, 0.25) is 5.02 Å². The number of fused-ring (bicyclic) bond motifs is 1. The van der Waals surface area contributed by atoms with Gasteiger partial charge in [-0.3, -0.25) is 9.98 Å². The molecule has 0 amide bonds. The van der Waals surface area contributed by atoms with Crippen LogP contribution in [0, 0.1) is 0 Å². The van der Waals surface area contributed by atoms with E-state index in [0.717, 1.165) is 35.3 Å². The lowest BCUT2D eigenvalue weighted by molar-refractivity contribution is 0.943. The lowest BCUT2D eigenvalue weighted by atomic mass is 9.84. The summed E-state index contributed by atoms with van der Waals surface area (Å²) in [5, 5.41) is 3.75. The fourth-order valence-electron chi connectivity index (χ4n) is 3.16. The smallest absolute Gasteiger partial charge is 0.0859 e. The molecule has 2 rings (SSSR count). The SMILES string of the molecule is C\C=C/N=C1\Cc2ccc(Cl)cc2/C([C@@H](N)/C(C)=C/NC=NC)=C\C\C1=C\C. The van der Waals surface area contributed by atoms with Crippen molar-refractivity contribution in [2.75, 3.05) is 7.05 Å². The lowest BCUT2D eigenvalue weighted by Gasteiger charge is -2.24. The minimum absolute atomic E-state index is 0.248. The summed E-state index contributed by atoms with van der Waals surface area (Å²) in [5.41, 5.74) is 13.3. The van der Waals surface area contributed by atoms with E-state index in [1.165, 1.54) is 11.1 Å². The maximum absolute atomic E-state index is 6.64. The molecule has 1 aromatic carbocycles. The number of hydrogen-bond donors (Lipinski definition) is 2. The molecule has 1 aliphatic rings. The molecule has 0 radical (unpaired) electrons. The molecular formula is C23H29ClN4. The highest BCUT2D eigenvalue weighted by Crippen LogP contribution is 2.32. The molecule has 1 aliphatic carbocycles. The van der Waals surface area contributed by atoms with Gasteiger partial charge in [-0.1, -0.05) is 35.9 Å². The van der Waals surface area contributed by atoms with Crippen LogP contribution in [-0.4, -0.2) is 25.1 Å². The minimum atomic E-state index is -0.248. The Hall–Kier alpha value is -2.43. The monoisotopic (exact) mass is 396 g/mol. The van der Waals surface area contributed by atoms with Crippen molar-refractivity contribution in [3.05, 3.63) is 76.1 Å². The van der Waals surface area contributed by atoms with Gasteiger partial charge in [0.25, 0.3) is 0 Å². The van der Waals surface area contributed by atoms with E-state index in [2.05, 4.69) is 40.4 Å². The van der Waals surface area contributed by atoms with Crippen LogP contribution >= 0.6 is 11.6 Å². The number of rotatable bonds is 5. The number of halogens is 1. The van der Waals surface area contributed by atoms with Crippen LogP contribution in [0.1, 0.15) is 38.3 Å². The van der Waals surface area contributed by atoms with Gasteiger partial charge in [-0.2, -0.15) is 0 Å². The van der Waals surface area contributed by atoms with Crippen molar-refractivity contribution in [3.63, 3.8) is 0 Å². The predicted molar refractivity (Wildman–Crippen MR) is 123 cm³/mol. The first kappa shape index (κ1) is 21.9. The number of allylic oxidation sites excluding steroid dienone is 4. The summed E-state index contributed by atoms with van der Waals surface area (Å²) < 4.78 is 0. The van der Waals surface area contributed by atoms with Gasteiger partial charge in [-0.15, -0.1) is 0 Å². The highest BCUT2D eigenvalue weighted by Gasteiger charge is 2.21. The minimum Gasteiger partial charge on any atom is -0.353 e. The second-order valence-electron chi connectivity index (χ2n) is 6.63. The average molecular weight is 397 g/mol. The number of benzene rings is 1. The molecule has 1 atom stereocenters. The standard InChI is InChI=1S/C23H29ClN4/c1-5-11-28-22-12-18-7-9-19(24)13-21(18)20(10-8-17(22)6-2)23(25)16(3)14-27-15-26-4/h5-7,9-11,13-15,23H,8,12,25H2,1-4H3,(H,26,27)/b11-5-,16-14+,17-6-,20-10+,28-22+/t23-/m0/s1. The Labute approximate surface area is 173 Å². The average Bonchev–Trinajstić information content (AvgIpc) is 2.68. The largest absolute Gasteiger partial charge is 0.353 e. The van der Waals surface area contributed by atoms with Gasteiger partial charge < -0.3 is 11.1 Å². The molecule has 0 saturated carbocycles. The van der Waals surface area contributed by atoms with Gasteiger partial charge in [0.05, 0.1) is 12.4 Å². The van der Waals surface area contributed by atoms with E-state index in [4.69, 9.17) is 17.3 Å². The van der Waals surface area contributed by atoms with Gasteiger partial charge in [0.15, 0.2) is 0 Å². The third-order valence-corrected chi connectivity index (χ3v) is 4.96. The second-order valence-corrected chi connectivity index (χ2v) is 7.07. The van der Waals surface area contributed by atoms with E-state index < -0.39 is 0 Å². The Bertz CT molecular complexity index is 873. The first-order chi connectivity index (χ1) is 13.5. The maximum Gasteiger partial charge on any atom is 0.0859 e. The van der Waals surface area contributed by atoms with Gasteiger partial charge in [0.1, 0.15) is 0 Å². The zero-order valence-corrected chi connectivity index (χ0v) is 17.8. The van der Waals surface area contributed by atoms with E-state index in [-0.39, 0.29) is 6.04 Å². The summed E-state index contributed by atoms with van der Waals surface area (Å²) >= 11 is 6.33. The van der Waals surface area contributed by atoms with Gasteiger partial charge >= 0.3 is 0 Å². The van der Waals surface area contributed by atoms with E-state index in [1.807, 2.05) is 44.5 Å². The zero-order chi connectivity index (χ0) is 20.5. The summed E-state index contributed by atoms with van der Waals surface area (Å²) in [6.07, 6.45) is 13.2. The van der Waals surface area contributed by atoms with Gasteiger partial charge in [-0.05, 0) is 67.2 Å². The Morgan fingerprint density at radius 3 is 2.79 bits per heavy atom.